The molecule has 0 saturated carbocycles. The lowest BCUT2D eigenvalue weighted by molar-refractivity contribution is 1.02. The number of halogens is 1. The highest BCUT2D eigenvalue weighted by Gasteiger charge is 2.10. The predicted octanol–water partition coefficient (Wildman–Crippen LogP) is 3.24. The molecule has 3 rings (SSSR count). The van der Waals surface area contributed by atoms with Crippen molar-refractivity contribution in [1.82, 2.24) is 9.38 Å². The molecule has 0 aromatic carbocycles. The standard InChI is InChI=1S/C10H8ClN3S2/c11-9-2-1-8(16-9)7-5-15-10-13-6(3-12)4-14(7)10/h1-2,4-5H,3,12H2. The summed E-state index contributed by atoms with van der Waals surface area (Å²) in [4.78, 5) is 6.53. The Bertz CT molecular complexity index is 637. The van der Waals surface area contributed by atoms with Crippen LogP contribution >= 0.6 is 34.3 Å². The average molecular weight is 270 g/mol. The van der Waals surface area contributed by atoms with Gasteiger partial charge in [0.05, 0.1) is 20.6 Å². The van der Waals surface area contributed by atoms with Gasteiger partial charge in [-0.1, -0.05) is 11.6 Å². The van der Waals surface area contributed by atoms with Gasteiger partial charge in [-0.3, -0.25) is 4.40 Å². The molecule has 0 unspecified atom stereocenters. The van der Waals surface area contributed by atoms with Crippen molar-refractivity contribution in [3.8, 4) is 10.6 Å². The lowest BCUT2D eigenvalue weighted by atomic mass is 10.4. The van der Waals surface area contributed by atoms with Crippen LogP contribution in [-0.4, -0.2) is 9.38 Å². The first-order valence-corrected chi connectivity index (χ1v) is 6.76. The zero-order valence-electron chi connectivity index (χ0n) is 8.18. The lowest BCUT2D eigenvalue weighted by Gasteiger charge is -1.93. The van der Waals surface area contributed by atoms with Crippen molar-refractivity contribution >= 4 is 39.2 Å². The Morgan fingerprint density at radius 2 is 2.31 bits per heavy atom. The van der Waals surface area contributed by atoms with Crippen molar-refractivity contribution in [3.63, 3.8) is 0 Å². The Balaban J connectivity index is 2.19. The van der Waals surface area contributed by atoms with Crippen LogP contribution in [0.1, 0.15) is 5.69 Å². The molecule has 0 aliphatic carbocycles. The summed E-state index contributed by atoms with van der Waals surface area (Å²) >= 11 is 9.12. The largest absolute Gasteiger partial charge is 0.325 e. The van der Waals surface area contributed by atoms with E-state index in [1.165, 1.54) is 0 Å². The second-order valence-corrected chi connectivity index (χ2v) is 5.87. The summed E-state index contributed by atoms with van der Waals surface area (Å²) in [5, 5.41) is 2.09. The van der Waals surface area contributed by atoms with Gasteiger partial charge < -0.3 is 5.73 Å². The number of thiazole rings is 1. The van der Waals surface area contributed by atoms with E-state index in [1.807, 2.05) is 18.3 Å². The number of fused-ring (bicyclic) bond motifs is 1. The fraction of sp³-hybridized carbons (Fsp3) is 0.100. The highest BCUT2D eigenvalue weighted by atomic mass is 35.5. The van der Waals surface area contributed by atoms with Crippen LogP contribution in [0.4, 0.5) is 0 Å². The van der Waals surface area contributed by atoms with Crippen LogP contribution < -0.4 is 5.73 Å². The molecule has 0 saturated heterocycles. The third kappa shape index (κ3) is 1.56. The minimum atomic E-state index is 0.471. The van der Waals surface area contributed by atoms with Gasteiger partial charge in [0.1, 0.15) is 0 Å². The van der Waals surface area contributed by atoms with E-state index in [2.05, 4.69) is 14.8 Å². The highest BCUT2D eigenvalue weighted by Crippen LogP contribution is 2.33. The van der Waals surface area contributed by atoms with E-state index >= 15 is 0 Å². The van der Waals surface area contributed by atoms with Gasteiger partial charge in [0.2, 0.25) is 0 Å². The van der Waals surface area contributed by atoms with Crippen molar-refractivity contribution < 1.29 is 0 Å². The average Bonchev–Trinajstić information content (AvgIpc) is 2.91. The Morgan fingerprint density at radius 1 is 1.44 bits per heavy atom. The quantitative estimate of drug-likeness (QED) is 0.776. The second kappa shape index (κ2) is 3.85. The Kier molecular flexibility index (Phi) is 2.48. The topological polar surface area (TPSA) is 43.3 Å². The van der Waals surface area contributed by atoms with Crippen molar-refractivity contribution in [2.75, 3.05) is 0 Å². The maximum Gasteiger partial charge on any atom is 0.194 e. The third-order valence-corrected chi connectivity index (χ3v) is 4.39. The number of rotatable bonds is 2. The summed E-state index contributed by atoms with van der Waals surface area (Å²) < 4.78 is 2.86. The zero-order chi connectivity index (χ0) is 11.1. The second-order valence-electron chi connectivity index (χ2n) is 3.31. The summed E-state index contributed by atoms with van der Waals surface area (Å²) in [6.07, 6.45) is 1.98. The number of hydrogen-bond acceptors (Lipinski definition) is 4. The Labute approximate surface area is 105 Å². The van der Waals surface area contributed by atoms with Crippen LogP contribution in [0, 0.1) is 0 Å². The molecular weight excluding hydrogens is 262 g/mol. The molecule has 16 heavy (non-hydrogen) atoms. The number of aromatic nitrogens is 2. The van der Waals surface area contributed by atoms with Gasteiger partial charge in [-0.15, -0.1) is 22.7 Å². The molecule has 3 aromatic heterocycles. The number of imidazole rings is 1. The summed E-state index contributed by atoms with van der Waals surface area (Å²) in [6.45, 7) is 0.471. The third-order valence-electron chi connectivity index (χ3n) is 2.29. The molecule has 2 N–H and O–H groups in total. The van der Waals surface area contributed by atoms with Crippen molar-refractivity contribution in [2.24, 2.45) is 5.73 Å². The van der Waals surface area contributed by atoms with Gasteiger partial charge >= 0.3 is 0 Å². The molecule has 0 bridgehead atoms. The van der Waals surface area contributed by atoms with Gasteiger partial charge in [0.15, 0.2) is 4.96 Å². The zero-order valence-corrected chi connectivity index (χ0v) is 10.6. The van der Waals surface area contributed by atoms with Crippen LogP contribution in [0.2, 0.25) is 4.34 Å². The molecule has 0 radical (unpaired) electrons. The molecule has 0 amide bonds. The highest BCUT2D eigenvalue weighted by molar-refractivity contribution is 7.20. The summed E-state index contributed by atoms with van der Waals surface area (Å²) in [6, 6.07) is 3.93. The van der Waals surface area contributed by atoms with E-state index in [1.54, 1.807) is 22.7 Å². The van der Waals surface area contributed by atoms with Crippen LogP contribution in [-0.2, 0) is 6.54 Å². The summed E-state index contributed by atoms with van der Waals surface area (Å²) in [7, 11) is 0. The van der Waals surface area contributed by atoms with E-state index in [4.69, 9.17) is 17.3 Å². The van der Waals surface area contributed by atoms with E-state index in [9.17, 15) is 0 Å². The normalized spacial score (nSPS) is 11.4. The minimum absolute atomic E-state index is 0.471. The molecule has 3 nitrogen and oxygen atoms in total. The molecule has 0 aliphatic heterocycles. The molecule has 3 heterocycles. The maximum absolute atomic E-state index is 5.94. The Morgan fingerprint density at radius 3 is 3.00 bits per heavy atom. The van der Waals surface area contributed by atoms with Gasteiger partial charge in [-0.05, 0) is 12.1 Å². The smallest absolute Gasteiger partial charge is 0.194 e. The van der Waals surface area contributed by atoms with Crippen molar-refractivity contribution in [2.45, 2.75) is 6.54 Å². The SMILES string of the molecule is NCc1cn2c(-c3ccc(Cl)s3)csc2n1. The molecule has 0 fully saturated rings. The molecular formula is C10H8ClN3S2. The van der Waals surface area contributed by atoms with Gasteiger partial charge in [0.25, 0.3) is 0 Å². The molecule has 3 aromatic rings. The number of nitrogens with zero attached hydrogens (tertiary/aromatic N) is 2. The van der Waals surface area contributed by atoms with E-state index in [-0.39, 0.29) is 0 Å². The first kappa shape index (κ1) is 10.3. The van der Waals surface area contributed by atoms with Crippen LogP contribution in [0.15, 0.2) is 23.7 Å². The molecule has 0 aliphatic rings. The van der Waals surface area contributed by atoms with Crippen LogP contribution in [0.25, 0.3) is 15.5 Å². The van der Waals surface area contributed by atoms with Crippen molar-refractivity contribution in [1.29, 1.82) is 0 Å². The molecule has 0 atom stereocenters. The van der Waals surface area contributed by atoms with E-state index in [0.29, 0.717) is 6.54 Å². The fourth-order valence-corrected chi connectivity index (χ4v) is 3.58. The Hall–Kier alpha value is -0.880. The number of hydrogen-bond donors (Lipinski definition) is 1. The van der Waals surface area contributed by atoms with Crippen LogP contribution in [0.5, 0.6) is 0 Å². The number of nitrogens with two attached hydrogens (primary N) is 1. The molecule has 6 heteroatoms. The summed E-state index contributed by atoms with van der Waals surface area (Å²) in [5.74, 6) is 0. The lowest BCUT2D eigenvalue weighted by Crippen LogP contribution is -1.95. The molecule has 82 valence electrons. The van der Waals surface area contributed by atoms with Crippen LogP contribution in [0.3, 0.4) is 0 Å². The van der Waals surface area contributed by atoms with Gasteiger partial charge in [-0.2, -0.15) is 0 Å². The summed E-state index contributed by atoms with van der Waals surface area (Å²) in [5.41, 5.74) is 7.62. The fourth-order valence-electron chi connectivity index (χ4n) is 1.56. The predicted molar refractivity (Wildman–Crippen MR) is 69.3 cm³/mol. The first-order chi connectivity index (χ1) is 7.78. The van der Waals surface area contributed by atoms with Crippen molar-refractivity contribution in [3.05, 3.63) is 33.7 Å². The first-order valence-electron chi connectivity index (χ1n) is 4.69. The van der Waals surface area contributed by atoms with Gasteiger partial charge in [0, 0.05) is 18.1 Å². The van der Waals surface area contributed by atoms with Gasteiger partial charge in [-0.25, -0.2) is 4.98 Å². The maximum atomic E-state index is 5.94. The minimum Gasteiger partial charge on any atom is -0.325 e. The monoisotopic (exact) mass is 269 g/mol. The number of thiophene rings is 1. The van der Waals surface area contributed by atoms with E-state index in [0.717, 1.165) is 25.6 Å². The van der Waals surface area contributed by atoms with E-state index < -0.39 is 0 Å². The molecule has 0 spiro atoms.